The molecule has 18 heavy (non-hydrogen) atoms. The molecule has 0 fully saturated rings. The van der Waals surface area contributed by atoms with Crippen molar-refractivity contribution in [2.75, 3.05) is 7.05 Å². The average molecular weight is 328 g/mol. The van der Waals surface area contributed by atoms with Gasteiger partial charge in [0.05, 0.1) is 9.50 Å². The summed E-state index contributed by atoms with van der Waals surface area (Å²) in [4.78, 5) is 4.15. The van der Waals surface area contributed by atoms with Crippen LogP contribution in [0.4, 0.5) is 0 Å². The highest BCUT2D eigenvalue weighted by Crippen LogP contribution is 2.31. The molecule has 0 unspecified atom stereocenters. The normalized spacial score (nSPS) is 10.4. The van der Waals surface area contributed by atoms with Gasteiger partial charge < -0.3 is 10.1 Å². The van der Waals surface area contributed by atoms with Crippen LogP contribution in [0, 0.1) is 0 Å². The maximum absolute atomic E-state index is 5.84. The third-order valence-electron chi connectivity index (χ3n) is 2.32. The lowest BCUT2D eigenvalue weighted by molar-refractivity contribution is 0.452. The quantitative estimate of drug-likeness (QED) is 0.921. The summed E-state index contributed by atoms with van der Waals surface area (Å²) >= 11 is 9.22. The van der Waals surface area contributed by atoms with Gasteiger partial charge in [-0.2, -0.15) is 0 Å². The Morgan fingerprint density at radius 2 is 2.17 bits per heavy atom. The molecule has 0 aliphatic carbocycles. The van der Waals surface area contributed by atoms with Crippen LogP contribution in [-0.2, 0) is 6.54 Å². The van der Waals surface area contributed by atoms with Gasteiger partial charge in [0, 0.05) is 18.3 Å². The third kappa shape index (κ3) is 3.22. The van der Waals surface area contributed by atoms with Gasteiger partial charge in [-0.15, -0.1) is 0 Å². The number of halogens is 2. The molecule has 2 rings (SSSR count). The number of ether oxygens (including phenoxy) is 1. The maximum Gasteiger partial charge on any atom is 0.233 e. The number of hydrogen-bond acceptors (Lipinski definition) is 3. The lowest BCUT2D eigenvalue weighted by atomic mass is 10.2. The fraction of sp³-hybridized carbons (Fsp3) is 0.154. The Hall–Kier alpha value is -1.10. The zero-order valence-corrected chi connectivity index (χ0v) is 12.1. The van der Waals surface area contributed by atoms with E-state index in [1.54, 1.807) is 12.3 Å². The first-order chi connectivity index (χ1) is 8.70. The molecule has 0 atom stereocenters. The molecule has 5 heteroatoms. The van der Waals surface area contributed by atoms with Crippen molar-refractivity contribution < 1.29 is 4.74 Å². The van der Waals surface area contributed by atoms with E-state index < -0.39 is 0 Å². The zero-order chi connectivity index (χ0) is 13.0. The topological polar surface area (TPSA) is 34.1 Å². The van der Waals surface area contributed by atoms with Crippen molar-refractivity contribution in [1.82, 2.24) is 10.3 Å². The summed E-state index contributed by atoms with van der Waals surface area (Å²) in [5.74, 6) is 1.28. The van der Waals surface area contributed by atoms with Gasteiger partial charge in [-0.3, -0.25) is 0 Å². The van der Waals surface area contributed by atoms with E-state index in [-0.39, 0.29) is 0 Å². The molecular formula is C13H12BrClN2O. The van der Waals surface area contributed by atoms with Gasteiger partial charge in [-0.1, -0.05) is 29.8 Å². The number of benzene rings is 1. The van der Waals surface area contributed by atoms with Crippen molar-refractivity contribution in [3.05, 3.63) is 51.6 Å². The molecule has 0 saturated heterocycles. The van der Waals surface area contributed by atoms with E-state index in [1.807, 2.05) is 31.3 Å². The van der Waals surface area contributed by atoms with E-state index in [0.717, 1.165) is 22.3 Å². The van der Waals surface area contributed by atoms with Crippen molar-refractivity contribution >= 4 is 27.5 Å². The van der Waals surface area contributed by atoms with Crippen LogP contribution in [-0.4, -0.2) is 12.0 Å². The minimum Gasteiger partial charge on any atom is -0.438 e. The number of rotatable bonds is 4. The number of hydrogen-bond donors (Lipinski definition) is 1. The van der Waals surface area contributed by atoms with Crippen molar-refractivity contribution in [3.63, 3.8) is 0 Å². The fourth-order valence-corrected chi connectivity index (χ4v) is 2.24. The number of nitrogens with zero attached hydrogens (tertiary/aromatic N) is 1. The summed E-state index contributed by atoms with van der Waals surface area (Å²) in [5, 5.41) is 3.67. The molecule has 2 aromatic rings. The predicted octanol–water partition coefficient (Wildman–Crippen LogP) is 4.01. The largest absolute Gasteiger partial charge is 0.438 e. The van der Waals surface area contributed by atoms with Crippen LogP contribution in [0.5, 0.6) is 11.6 Å². The molecule has 0 bridgehead atoms. The van der Waals surface area contributed by atoms with E-state index in [4.69, 9.17) is 16.3 Å². The molecular weight excluding hydrogens is 316 g/mol. The highest BCUT2D eigenvalue weighted by Gasteiger charge is 2.08. The Bertz CT molecular complexity index is 548. The zero-order valence-electron chi connectivity index (χ0n) is 9.78. The molecule has 1 aromatic heterocycles. The van der Waals surface area contributed by atoms with Crippen LogP contribution in [0.2, 0.25) is 5.02 Å². The van der Waals surface area contributed by atoms with Crippen LogP contribution in [0.1, 0.15) is 5.56 Å². The molecule has 0 radical (unpaired) electrons. The van der Waals surface area contributed by atoms with Crippen LogP contribution >= 0.6 is 27.5 Å². The van der Waals surface area contributed by atoms with E-state index in [0.29, 0.717) is 10.9 Å². The van der Waals surface area contributed by atoms with Crippen molar-refractivity contribution in [2.45, 2.75) is 6.54 Å². The fourth-order valence-electron chi connectivity index (χ4n) is 1.52. The molecule has 1 N–H and O–H groups in total. The summed E-state index contributed by atoms with van der Waals surface area (Å²) in [6, 6.07) is 9.58. The third-order valence-corrected chi connectivity index (χ3v) is 3.10. The molecule has 1 heterocycles. The van der Waals surface area contributed by atoms with Crippen molar-refractivity contribution in [1.29, 1.82) is 0 Å². The average Bonchev–Trinajstić information content (AvgIpc) is 2.35. The molecule has 0 aliphatic rings. The first-order valence-corrected chi connectivity index (χ1v) is 6.59. The molecule has 3 nitrogen and oxygen atoms in total. The number of para-hydroxylation sites is 1. The lowest BCUT2D eigenvalue weighted by Crippen LogP contribution is -2.06. The van der Waals surface area contributed by atoms with Crippen molar-refractivity contribution in [3.8, 4) is 11.6 Å². The summed E-state index contributed by atoms with van der Waals surface area (Å²) in [5.41, 5.74) is 1.07. The lowest BCUT2D eigenvalue weighted by Gasteiger charge is -2.11. The van der Waals surface area contributed by atoms with Gasteiger partial charge in [0.2, 0.25) is 5.88 Å². The summed E-state index contributed by atoms with van der Waals surface area (Å²) in [7, 11) is 1.90. The van der Waals surface area contributed by atoms with E-state index in [9.17, 15) is 0 Å². The smallest absolute Gasteiger partial charge is 0.233 e. The Morgan fingerprint density at radius 1 is 1.39 bits per heavy atom. The number of pyridine rings is 1. The summed E-state index contributed by atoms with van der Waals surface area (Å²) in [6.45, 7) is 0.737. The van der Waals surface area contributed by atoms with Gasteiger partial charge in [0.25, 0.3) is 0 Å². The SMILES string of the molecule is CNCc1ccccc1Oc1ncc(Cl)cc1Br. The molecule has 0 amide bonds. The van der Waals surface area contributed by atoms with Gasteiger partial charge in [0.1, 0.15) is 5.75 Å². The van der Waals surface area contributed by atoms with E-state index in [2.05, 4.69) is 26.2 Å². The molecule has 0 aliphatic heterocycles. The molecule has 1 aromatic carbocycles. The van der Waals surface area contributed by atoms with Gasteiger partial charge >= 0.3 is 0 Å². The maximum atomic E-state index is 5.84. The van der Waals surface area contributed by atoms with Crippen LogP contribution in [0.15, 0.2) is 41.0 Å². The molecule has 0 spiro atoms. The highest BCUT2D eigenvalue weighted by molar-refractivity contribution is 9.10. The highest BCUT2D eigenvalue weighted by atomic mass is 79.9. The van der Waals surface area contributed by atoms with Gasteiger partial charge in [-0.25, -0.2) is 4.98 Å². The minimum atomic E-state index is 0.503. The second kappa shape index (κ2) is 6.18. The van der Waals surface area contributed by atoms with Crippen LogP contribution < -0.4 is 10.1 Å². The van der Waals surface area contributed by atoms with Gasteiger partial charge in [0.15, 0.2) is 0 Å². The van der Waals surface area contributed by atoms with Gasteiger partial charge in [-0.05, 0) is 35.1 Å². The van der Waals surface area contributed by atoms with Crippen LogP contribution in [0.3, 0.4) is 0 Å². The first kappa shape index (κ1) is 13.3. The van der Waals surface area contributed by atoms with E-state index in [1.165, 1.54) is 0 Å². The summed E-state index contributed by atoms with van der Waals surface area (Å²) < 4.78 is 6.52. The van der Waals surface area contributed by atoms with E-state index >= 15 is 0 Å². The monoisotopic (exact) mass is 326 g/mol. The molecule has 0 saturated carbocycles. The minimum absolute atomic E-state index is 0.503. The summed E-state index contributed by atoms with van der Waals surface area (Å²) in [6.07, 6.45) is 1.56. The Morgan fingerprint density at radius 3 is 2.89 bits per heavy atom. The number of nitrogens with one attached hydrogen (secondary N) is 1. The standard InChI is InChI=1S/C13H12BrClN2O/c1-16-7-9-4-2-3-5-12(9)18-13-11(14)6-10(15)8-17-13/h2-6,8,16H,7H2,1H3. The van der Waals surface area contributed by atoms with Crippen molar-refractivity contribution in [2.24, 2.45) is 0 Å². The Balaban J connectivity index is 2.28. The predicted molar refractivity (Wildman–Crippen MR) is 76.2 cm³/mol. The first-order valence-electron chi connectivity index (χ1n) is 5.42. The second-order valence-corrected chi connectivity index (χ2v) is 4.97. The Kier molecular flexibility index (Phi) is 4.58. The Labute approximate surface area is 119 Å². The second-order valence-electron chi connectivity index (χ2n) is 3.68. The van der Waals surface area contributed by atoms with Crippen LogP contribution in [0.25, 0.3) is 0 Å². The number of aromatic nitrogens is 1. The molecule has 94 valence electrons.